The first kappa shape index (κ1) is 19.8. The van der Waals surface area contributed by atoms with Gasteiger partial charge < -0.3 is 19.9 Å². The van der Waals surface area contributed by atoms with Crippen molar-refractivity contribution in [2.24, 2.45) is 5.92 Å². The summed E-state index contributed by atoms with van der Waals surface area (Å²) < 4.78 is 31.4. The van der Waals surface area contributed by atoms with Gasteiger partial charge in [-0.15, -0.1) is 0 Å². The number of carbonyl (C=O) groups is 1. The van der Waals surface area contributed by atoms with Crippen LogP contribution in [0, 0.1) is 11.7 Å². The minimum atomic E-state index is -1.36. The van der Waals surface area contributed by atoms with Crippen LogP contribution in [0.15, 0.2) is 17.1 Å². The van der Waals surface area contributed by atoms with Crippen molar-refractivity contribution in [3.63, 3.8) is 0 Å². The zero-order valence-electron chi connectivity index (χ0n) is 16.2. The summed E-state index contributed by atoms with van der Waals surface area (Å²) in [6.45, 7) is 0.883. The SMILES string of the molecule is O=C(O)c1cn(C2CC2)c2c(Cl)c(N3C[C@H](CNC4CC4)[C@H](F)C3)c(F)cc2c1=O. The molecule has 2 atom stereocenters. The highest BCUT2D eigenvalue weighted by Gasteiger charge is 2.37. The molecule has 2 saturated carbocycles. The van der Waals surface area contributed by atoms with Crippen LogP contribution in [-0.2, 0) is 0 Å². The topological polar surface area (TPSA) is 74.6 Å². The molecule has 30 heavy (non-hydrogen) atoms. The fraction of sp³-hybridized carbons (Fsp3) is 0.524. The number of hydrogen-bond donors (Lipinski definition) is 2. The van der Waals surface area contributed by atoms with Gasteiger partial charge in [0.25, 0.3) is 0 Å². The summed E-state index contributed by atoms with van der Waals surface area (Å²) in [5.74, 6) is -2.36. The lowest BCUT2D eigenvalue weighted by Gasteiger charge is -2.23. The second kappa shape index (κ2) is 7.20. The third kappa shape index (κ3) is 3.36. The average Bonchev–Trinajstić information content (AvgIpc) is 3.60. The molecule has 1 saturated heterocycles. The van der Waals surface area contributed by atoms with Gasteiger partial charge in [-0.2, -0.15) is 0 Å². The van der Waals surface area contributed by atoms with Gasteiger partial charge in [-0.3, -0.25) is 4.79 Å². The Labute approximate surface area is 176 Å². The van der Waals surface area contributed by atoms with E-state index < -0.39 is 29.0 Å². The normalized spacial score (nSPS) is 24.0. The molecule has 1 aliphatic heterocycles. The van der Waals surface area contributed by atoms with Crippen molar-refractivity contribution in [3.8, 4) is 0 Å². The van der Waals surface area contributed by atoms with E-state index in [1.54, 1.807) is 9.47 Å². The van der Waals surface area contributed by atoms with Crippen molar-refractivity contribution in [3.05, 3.63) is 38.9 Å². The van der Waals surface area contributed by atoms with Gasteiger partial charge in [0.15, 0.2) is 0 Å². The molecule has 3 aliphatic rings. The highest BCUT2D eigenvalue weighted by atomic mass is 35.5. The number of aromatic nitrogens is 1. The predicted octanol–water partition coefficient (Wildman–Crippen LogP) is 3.35. The molecule has 1 aromatic heterocycles. The maximum absolute atomic E-state index is 15.1. The summed E-state index contributed by atoms with van der Waals surface area (Å²) in [5.41, 5.74) is -0.773. The number of benzene rings is 1. The van der Waals surface area contributed by atoms with E-state index in [0.717, 1.165) is 31.7 Å². The Hall–Kier alpha value is -2.19. The fourth-order valence-corrected chi connectivity index (χ4v) is 4.74. The lowest BCUT2D eigenvalue weighted by atomic mass is 10.1. The Morgan fingerprint density at radius 1 is 1.27 bits per heavy atom. The Morgan fingerprint density at radius 3 is 2.63 bits per heavy atom. The van der Waals surface area contributed by atoms with Gasteiger partial charge in [-0.05, 0) is 31.7 Å². The van der Waals surface area contributed by atoms with E-state index in [9.17, 15) is 19.1 Å². The zero-order chi connectivity index (χ0) is 21.2. The number of halogens is 3. The maximum atomic E-state index is 15.1. The van der Waals surface area contributed by atoms with E-state index in [4.69, 9.17) is 11.6 Å². The smallest absolute Gasteiger partial charge is 0.341 e. The van der Waals surface area contributed by atoms with Gasteiger partial charge in [0.05, 0.1) is 21.6 Å². The molecule has 5 rings (SSSR count). The highest BCUT2D eigenvalue weighted by Crippen LogP contribution is 2.43. The molecule has 3 fully saturated rings. The van der Waals surface area contributed by atoms with Crippen molar-refractivity contribution >= 4 is 34.2 Å². The van der Waals surface area contributed by atoms with Crippen LogP contribution < -0.4 is 15.6 Å². The van der Waals surface area contributed by atoms with Crippen molar-refractivity contribution in [1.82, 2.24) is 9.88 Å². The Morgan fingerprint density at radius 2 is 2.00 bits per heavy atom. The number of hydrogen-bond acceptors (Lipinski definition) is 4. The summed E-state index contributed by atoms with van der Waals surface area (Å²) >= 11 is 6.61. The molecule has 1 aromatic carbocycles. The van der Waals surface area contributed by atoms with Gasteiger partial charge in [-0.25, -0.2) is 13.6 Å². The number of pyridine rings is 1. The van der Waals surface area contributed by atoms with Gasteiger partial charge >= 0.3 is 5.97 Å². The maximum Gasteiger partial charge on any atom is 0.341 e. The zero-order valence-corrected chi connectivity index (χ0v) is 17.0. The highest BCUT2D eigenvalue weighted by molar-refractivity contribution is 6.38. The van der Waals surface area contributed by atoms with Crippen LogP contribution in [0.25, 0.3) is 10.9 Å². The second-order valence-corrected chi connectivity index (χ2v) is 8.97. The number of carboxylic acids is 1. The predicted molar refractivity (Wildman–Crippen MR) is 110 cm³/mol. The molecule has 160 valence electrons. The molecular formula is C21H22ClF2N3O3. The lowest BCUT2D eigenvalue weighted by Crippen LogP contribution is -2.30. The number of carboxylic acid groups (broad SMARTS) is 1. The number of nitrogens with one attached hydrogen (secondary N) is 1. The molecule has 2 aliphatic carbocycles. The van der Waals surface area contributed by atoms with Gasteiger partial charge in [0.1, 0.15) is 17.6 Å². The van der Waals surface area contributed by atoms with Crippen LogP contribution in [0.2, 0.25) is 5.02 Å². The second-order valence-electron chi connectivity index (χ2n) is 8.60. The molecule has 0 unspecified atom stereocenters. The van der Waals surface area contributed by atoms with Gasteiger partial charge in [0, 0.05) is 43.8 Å². The molecule has 2 heterocycles. The molecule has 0 amide bonds. The summed E-state index contributed by atoms with van der Waals surface area (Å²) in [7, 11) is 0. The molecule has 0 bridgehead atoms. The first-order valence-electron chi connectivity index (χ1n) is 10.3. The molecular weight excluding hydrogens is 416 g/mol. The minimum absolute atomic E-state index is 0.0185. The largest absolute Gasteiger partial charge is 0.477 e. The van der Waals surface area contributed by atoms with Crippen LogP contribution in [-0.4, -0.2) is 47.5 Å². The minimum Gasteiger partial charge on any atom is -0.477 e. The Bertz CT molecular complexity index is 1100. The van der Waals surface area contributed by atoms with Crippen LogP contribution in [0.4, 0.5) is 14.5 Å². The third-order valence-electron chi connectivity index (χ3n) is 6.28. The number of aromatic carboxylic acids is 1. The summed E-state index contributed by atoms with van der Waals surface area (Å²) in [4.78, 5) is 25.8. The van der Waals surface area contributed by atoms with Crippen molar-refractivity contribution in [1.29, 1.82) is 0 Å². The van der Waals surface area contributed by atoms with Gasteiger partial charge in [-0.1, -0.05) is 11.6 Å². The number of alkyl halides is 1. The summed E-state index contributed by atoms with van der Waals surface area (Å²) in [5, 5.41) is 12.7. The van der Waals surface area contributed by atoms with Crippen molar-refractivity contribution in [2.75, 3.05) is 24.5 Å². The first-order chi connectivity index (χ1) is 14.3. The summed E-state index contributed by atoms with van der Waals surface area (Å²) in [6, 6.07) is 1.53. The molecule has 9 heteroatoms. The van der Waals surface area contributed by atoms with Crippen LogP contribution >= 0.6 is 11.6 Å². The third-order valence-corrected chi connectivity index (χ3v) is 6.64. The number of nitrogens with zero attached hydrogens (tertiary/aromatic N) is 2. The average molecular weight is 438 g/mol. The van der Waals surface area contributed by atoms with Crippen LogP contribution in [0.3, 0.4) is 0 Å². The molecule has 0 spiro atoms. The van der Waals surface area contributed by atoms with E-state index in [2.05, 4.69) is 5.32 Å². The molecule has 2 aromatic rings. The quantitative estimate of drug-likeness (QED) is 0.725. The van der Waals surface area contributed by atoms with Crippen LogP contribution in [0.5, 0.6) is 0 Å². The molecule has 0 radical (unpaired) electrons. The first-order valence-corrected chi connectivity index (χ1v) is 10.7. The fourth-order valence-electron chi connectivity index (χ4n) is 4.33. The standard InChI is InChI=1S/C21H22ClF2N3O3/c22-17-18-13(20(28)14(21(29)30)8-27(18)12-3-4-12)5-15(23)19(17)26-7-10(16(24)9-26)6-25-11-1-2-11/h5,8,10-12,16,25H,1-4,6-7,9H2,(H,29,30)/t10-,16+/m0/s1. The van der Waals surface area contributed by atoms with E-state index in [-0.39, 0.29) is 34.6 Å². The monoisotopic (exact) mass is 437 g/mol. The number of anilines is 1. The molecule has 6 nitrogen and oxygen atoms in total. The lowest BCUT2D eigenvalue weighted by molar-refractivity contribution is 0.0695. The van der Waals surface area contributed by atoms with E-state index in [1.165, 1.54) is 6.20 Å². The Kier molecular flexibility index (Phi) is 4.74. The van der Waals surface area contributed by atoms with E-state index >= 15 is 4.39 Å². The Balaban J connectivity index is 1.58. The van der Waals surface area contributed by atoms with Crippen LogP contribution in [0.1, 0.15) is 42.1 Å². The summed E-state index contributed by atoms with van der Waals surface area (Å²) in [6.07, 6.45) is 4.05. The number of rotatable bonds is 6. The molecule has 2 N–H and O–H groups in total. The van der Waals surface area contributed by atoms with E-state index in [1.807, 2.05) is 0 Å². The van der Waals surface area contributed by atoms with E-state index in [0.29, 0.717) is 24.6 Å². The number of fused-ring (bicyclic) bond motifs is 1. The van der Waals surface area contributed by atoms with Gasteiger partial charge in [0.2, 0.25) is 5.43 Å². The van der Waals surface area contributed by atoms with Crippen molar-refractivity contribution in [2.45, 2.75) is 43.9 Å². The van der Waals surface area contributed by atoms with Crippen molar-refractivity contribution < 1.29 is 18.7 Å².